The Kier molecular flexibility index (Phi) is 5.85. The van der Waals surface area contributed by atoms with Gasteiger partial charge in [-0.25, -0.2) is 4.79 Å². The number of amides is 2. The second-order valence-electron chi connectivity index (χ2n) is 4.68. The highest BCUT2D eigenvalue weighted by Gasteiger charge is 2.16. The Morgan fingerprint density at radius 2 is 2.09 bits per heavy atom. The fourth-order valence-corrected chi connectivity index (χ4v) is 2.00. The lowest BCUT2D eigenvalue weighted by Gasteiger charge is -2.22. The molecule has 6 heteroatoms. The number of ether oxygens (including phenoxy) is 2. The van der Waals surface area contributed by atoms with Gasteiger partial charge in [-0.2, -0.15) is 0 Å². The number of carbonyl (C=O) groups excluding carboxylic acids is 1. The minimum absolute atomic E-state index is 0.220. The van der Waals surface area contributed by atoms with Gasteiger partial charge in [-0.05, 0) is 18.2 Å². The summed E-state index contributed by atoms with van der Waals surface area (Å²) < 4.78 is 15.4. The molecule has 0 fully saturated rings. The fourth-order valence-electron chi connectivity index (χ4n) is 2.00. The molecule has 2 aromatic rings. The largest absolute Gasteiger partial charge is 0.495 e. The molecule has 0 saturated heterocycles. The van der Waals surface area contributed by atoms with Crippen LogP contribution in [0.2, 0.25) is 0 Å². The fraction of sp³-hybridized carbons (Fsp3) is 0.312. The Bertz CT molecular complexity index is 584. The minimum Gasteiger partial charge on any atom is -0.495 e. The highest BCUT2D eigenvalue weighted by molar-refractivity contribution is 5.90. The third-order valence-electron chi connectivity index (χ3n) is 3.15. The number of benzene rings is 1. The lowest BCUT2D eigenvalue weighted by atomic mass is 10.3. The van der Waals surface area contributed by atoms with Crippen LogP contribution in [0.25, 0.3) is 0 Å². The van der Waals surface area contributed by atoms with E-state index in [1.807, 2.05) is 18.2 Å². The average molecular weight is 304 g/mol. The van der Waals surface area contributed by atoms with E-state index < -0.39 is 0 Å². The summed E-state index contributed by atoms with van der Waals surface area (Å²) in [6, 6.07) is 8.89. The van der Waals surface area contributed by atoms with Gasteiger partial charge < -0.3 is 24.1 Å². The van der Waals surface area contributed by atoms with E-state index in [1.54, 1.807) is 43.8 Å². The summed E-state index contributed by atoms with van der Waals surface area (Å²) in [5.41, 5.74) is 1.55. The van der Waals surface area contributed by atoms with Gasteiger partial charge in [0.15, 0.2) is 0 Å². The van der Waals surface area contributed by atoms with Crippen LogP contribution in [0.15, 0.2) is 47.3 Å². The predicted molar refractivity (Wildman–Crippen MR) is 83.0 cm³/mol. The molecule has 2 amide bonds. The first kappa shape index (κ1) is 15.9. The molecule has 0 unspecified atom stereocenters. The van der Waals surface area contributed by atoms with Gasteiger partial charge in [0.1, 0.15) is 5.75 Å². The van der Waals surface area contributed by atoms with E-state index in [0.717, 1.165) is 5.56 Å². The molecule has 1 N–H and O–H groups in total. The molecule has 0 spiro atoms. The zero-order valence-electron chi connectivity index (χ0n) is 12.7. The van der Waals surface area contributed by atoms with Crippen LogP contribution < -0.4 is 10.1 Å². The SMILES string of the molecule is COCCN(Cc1ccoc1)C(=O)Nc1ccccc1OC. The molecule has 0 aliphatic heterocycles. The minimum atomic E-state index is -0.220. The molecule has 6 nitrogen and oxygen atoms in total. The summed E-state index contributed by atoms with van der Waals surface area (Å²) >= 11 is 0. The third kappa shape index (κ3) is 4.26. The van der Waals surface area contributed by atoms with Gasteiger partial charge in [-0.1, -0.05) is 12.1 Å². The molecule has 0 aliphatic rings. The smallest absolute Gasteiger partial charge is 0.322 e. The standard InChI is InChI=1S/C16H20N2O4/c1-20-10-8-18(11-13-7-9-22-12-13)16(19)17-14-5-3-4-6-15(14)21-2/h3-7,9,12H,8,10-11H2,1-2H3,(H,17,19). The Labute approximate surface area is 129 Å². The third-order valence-corrected chi connectivity index (χ3v) is 3.15. The molecule has 0 aliphatic carbocycles. The van der Waals surface area contributed by atoms with Crippen LogP contribution in [0.1, 0.15) is 5.56 Å². The van der Waals surface area contributed by atoms with Gasteiger partial charge in [-0.15, -0.1) is 0 Å². The number of nitrogens with zero attached hydrogens (tertiary/aromatic N) is 1. The van der Waals surface area contributed by atoms with Crippen LogP contribution in [-0.4, -0.2) is 38.3 Å². The van der Waals surface area contributed by atoms with Crippen LogP contribution in [-0.2, 0) is 11.3 Å². The average Bonchev–Trinajstić information content (AvgIpc) is 3.05. The van der Waals surface area contributed by atoms with Gasteiger partial charge in [0.25, 0.3) is 0 Å². The van der Waals surface area contributed by atoms with Crippen LogP contribution in [0.4, 0.5) is 10.5 Å². The number of nitrogens with one attached hydrogen (secondary N) is 1. The maximum Gasteiger partial charge on any atom is 0.322 e. The maximum absolute atomic E-state index is 12.5. The predicted octanol–water partition coefficient (Wildman–Crippen LogP) is 2.97. The van der Waals surface area contributed by atoms with Crippen molar-refractivity contribution in [3.8, 4) is 5.75 Å². The number of furan rings is 1. The van der Waals surface area contributed by atoms with Crippen molar-refractivity contribution in [3.05, 3.63) is 48.4 Å². The molecule has 118 valence electrons. The Morgan fingerprint density at radius 3 is 2.77 bits per heavy atom. The second-order valence-corrected chi connectivity index (χ2v) is 4.68. The molecular weight excluding hydrogens is 284 g/mol. The second kappa shape index (κ2) is 8.09. The van der Waals surface area contributed by atoms with E-state index >= 15 is 0 Å². The van der Waals surface area contributed by atoms with Crippen LogP contribution in [0.3, 0.4) is 0 Å². The number of rotatable bonds is 7. The Hall–Kier alpha value is -2.47. The van der Waals surface area contributed by atoms with Crippen molar-refractivity contribution in [2.24, 2.45) is 0 Å². The van der Waals surface area contributed by atoms with Crippen LogP contribution >= 0.6 is 0 Å². The molecule has 1 heterocycles. The first-order valence-corrected chi connectivity index (χ1v) is 6.93. The molecule has 2 rings (SSSR count). The summed E-state index contributed by atoms with van der Waals surface area (Å²) in [4.78, 5) is 14.1. The van der Waals surface area contributed by atoms with E-state index in [1.165, 1.54) is 0 Å². The van der Waals surface area contributed by atoms with Crippen molar-refractivity contribution in [1.82, 2.24) is 4.90 Å². The Balaban J connectivity index is 2.07. The normalized spacial score (nSPS) is 10.3. The molecule has 1 aromatic heterocycles. The van der Waals surface area contributed by atoms with Crippen molar-refractivity contribution in [2.75, 3.05) is 32.7 Å². The maximum atomic E-state index is 12.5. The highest BCUT2D eigenvalue weighted by Crippen LogP contribution is 2.23. The summed E-state index contributed by atoms with van der Waals surface area (Å²) in [5, 5.41) is 2.86. The summed E-state index contributed by atoms with van der Waals surface area (Å²) in [6.07, 6.45) is 3.21. The number of methoxy groups -OCH3 is 2. The zero-order chi connectivity index (χ0) is 15.8. The summed E-state index contributed by atoms with van der Waals surface area (Å²) in [6.45, 7) is 1.38. The van der Waals surface area contributed by atoms with E-state index in [2.05, 4.69) is 5.32 Å². The lowest BCUT2D eigenvalue weighted by Crippen LogP contribution is -2.36. The van der Waals surface area contributed by atoms with Crippen molar-refractivity contribution in [3.63, 3.8) is 0 Å². The van der Waals surface area contributed by atoms with Gasteiger partial charge >= 0.3 is 6.03 Å². The number of carbonyl (C=O) groups is 1. The van der Waals surface area contributed by atoms with E-state index in [9.17, 15) is 4.79 Å². The van der Waals surface area contributed by atoms with E-state index in [-0.39, 0.29) is 6.03 Å². The number of hydrogen-bond donors (Lipinski definition) is 1. The Morgan fingerprint density at radius 1 is 1.27 bits per heavy atom. The quantitative estimate of drug-likeness (QED) is 0.854. The van der Waals surface area contributed by atoms with Gasteiger partial charge in [0, 0.05) is 19.2 Å². The molecule has 0 radical (unpaired) electrons. The number of para-hydroxylation sites is 2. The van der Waals surface area contributed by atoms with Gasteiger partial charge in [-0.3, -0.25) is 0 Å². The number of urea groups is 1. The summed E-state index contributed by atoms with van der Waals surface area (Å²) in [7, 11) is 3.17. The topological polar surface area (TPSA) is 63.9 Å². The van der Waals surface area contributed by atoms with E-state index in [0.29, 0.717) is 31.1 Å². The van der Waals surface area contributed by atoms with Crippen molar-refractivity contribution in [2.45, 2.75) is 6.54 Å². The van der Waals surface area contributed by atoms with Crippen molar-refractivity contribution >= 4 is 11.7 Å². The molecule has 22 heavy (non-hydrogen) atoms. The molecule has 0 bridgehead atoms. The molecular formula is C16H20N2O4. The molecule has 0 atom stereocenters. The van der Waals surface area contributed by atoms with Crippen molar-refractivity contribution < 1.29 is 18.7 Å². The van der Waals surface area contributed by atoms with Gasteiger partial charge in [0.2, 0.25) is 0 Å². The number of anilines is 1. The first-order chi connectivity index (χ1) is 10.7. The van der Waals surface area contributed by atoms with Gasteiger partial charge in [0.05, 0.1) is 38.5 Å². The highest BCUT2D eigenvalue weighted by atomic mass is 16.5. The zero-order valence-corrected chi connectivity index (χ0v) is 12.7. The summed E-state index contributed by atoms with van der Waals surface area (Å²) in [5.74, 6) is 0.617. The monoisotopic (exact) mass is 304 g/mol. The van der Waals surface area contributed by atoms with E-state index in [4.69, 9.17) is 13.9 Å². The molecule has 0 saturated carbocycles. The molecule has 1 aromatic carbocycles. The first-order valence-electron chi connectivity index (χ1n) is 6.93. The van der Waals surface area contributed by atoms with Crippen LogP contribution in [0, 0.1) is 0 Å². The lowest BCUT2D eigenvalue weighted by molar-refractivity contribution is 0.152. The van der Waals surface area contributed by atoms with Crippen molar-refractivity contribution in [1.29, 1.82) is 0 Å². The van der Waals surface area contributed by atoms with Crippen LogP contribution in [0.5, 0.6) is 5.75 Å². The number of hydrogen-bond acceptors (Lipinski definition) is 4.